The molecule has 0 saturated heterocycles. The van der Waals surface area contributed by atoms with Gasteiger partial charge in [-0.1, -0.05) is 18.2 Å². The average Bonchev–Trinajstić information content (AvgIpc) is 2.81. The van der Waals surface area contributed by atoms with Gasteiger partial charge in [0.25, 0.3) is 5.91 Å². The minimum Gasteiger partial charge on any atom is -0.396 e. The number of hydrogen-bond acceptors (Lipinski definition) is 3. The maximum Gasteiger partial charge on any atom is 0.278 e. The lowest BCUT2D eigenvalue weighted by atomic mass is 10.2. The number of para-hydroxylation sites is 1. The Morgan fingerprint density at radius 2 is 2.00 bits per heavy atom. The van der Waals surface area contributed by atoms with E-state index in [1.807, 2.05) is 44.2 Å². The lowest BCUT2D eigenvalue weighted by molar-refractivity contribution is 0.0979. The van der Waals surface area contributed by atoms with Crippen LogP contribution in [0.4, 0.5) is 11.4 Å². The van der Waals surface area contributed by atoms with Gasteiger partial charge in [0, 0.05) is 18.8 Å². The van der Waals surface area contributed by atoms with Crippen LogP contribution in [0.5, 0.6) is 0 Å². The summed E-state index contributed by atoms with van der Waals surface area (Å²) in [5.74, 6) is -0.120. The van der Waals surface area contributed by atoms with Crippen molar-refractivity contribution >= 4 is 17.3 Å². The molecule has 19 heavy (non-hydrogen) atoms. The van der Waals surface area contributed by atoms with Gasteiger partial charge in [-0.2, -0.15) is 5.10 Å². The number of aryl methyl sites for hydroxylation is 1. The molecular formula is C14H18N4O. The minimum atomic E-state index is -0.120. The highest BCUT2D eigenvalue weighted by atomic mass is 16.2. The normalized spacial score (nSPS) is 10.4. The van der Waals surface area contributed by atoms with E-state index in [9.17, 15) is 4.79 Å². The van der Waals surface area contributed by atoms with E-state index < -0.39 is 0 Å². The van der Waals surface area contributed by atoms with Crippen LogP contribution in [0.15, 0.2) is 36.5 Å². The van der Waals surface area contributed by atoms with Crippen LogP contribution in [-0.4, -0.2) is 22.2 Å². The number of carbonyl (C=O) groups is 1. The Labute approximate surface area is 112 Å². The van der Waals surface area contributed by atoms with Crippen molar-refractivity contribution in [3.8, 4) is 0 Å². The zero-order valence-corrected chi connectivity index (χ0v) is 11.2. The Hall–Kier alpha value is -2.30. The maximum absolute atomic E-state index is 12.6. The van der Waals surface area contributed by atoms with Gasteiger partial charge in [-0.3, -0.25) is 9.48 Å². The molecular weight excluding hydrogens is 240 g/mol. The highest BCUT2D eigenvalue weighted by Crippen LogP contribution is 2.19. The number of nitrogens with two attached hydrogens (primary N) is 1. The Morgan fingerprint density at radius 3 is 2.58 bits per heavy atom. The zero-order valence-electron chi connectivity index (χ0n) is 11.2. The number of rotatable bonds is 4. The molecule has 0 aliphatic rings. The van der Waals surface area contributed by atoms with Crippen LogP contribution in [0.3, 0.4) is 0 Å². The summed E-state index contributed by atoms with van der Waals surface area (Å²) >= 11 is 0. The SMILES string of the molecule is CCN(C(=O)c1c(N)cnn1CC)c1ccccc1. The van der Waals surface area contributed by atoms with Gasteiger partial charge in [-0.05, 0) is 26.0 Å². The minimum absolute atomic E-state index is 0.120. The second-order valence-electron chi connectivity index (χ2n) is 4.15. The number of carbonyl (C=O) groups excluding carboxylic acids is 1. The number of nitrogens with zero attached hydrogens (tertiary/aromatic N) is 3. The fourth-order valence-electron chi connectivity index (χ4n) is 2.05. The first-order chi connectivity index (χ1) is 9.19. The van der Waals surface area contributed by atoms with Crippen molar-refractivity contribution in [2.75, 3.05) is 17.2 Å². The van der Waals surface area contributed by atoms with E-state index in [0.29, 0.717) is 24.5 Å². The van der Waals surface area contributed by atoms with E-state index in [1.54, 1.807) is 9.58 Å². The highest BCUT2D eigenvalue weighted by molar-refractivity contribution is 6.08. The fourth-order valence-corrected chi connectivity index (χ4v) is 2.05. The van der Waals surface area contributed by atoms with E-state index in [4.69, 9.17) is 5.73 Å². The number of nitrogen functional groups attached to an aromatic ring is 1. The van der Waals surface area contributed by atoms with E-state index in [0.717, 1.165) is 5.69 Å². The van der Waals surface area contributed by atoms with Crippen molar-refractivity contribution in [2.45, 2.75) is 20.4 Å². The summed E-state index contributed by atoms with van der Waals surface area (Å²) in [5.41, 5.74) is 7.59. The standard InChI is InChI=1S/C14H18N4O/c1-3-17(11-8-6-5-7-9-11)14(19)13-12(15)10-16-18(13)4-2/h5-10H,3-4,15H2,1-2H3. The molecule has 5 heteroatoms. The number of amides is 1. The topological polar surface area (TPSA) is 64.2 Å². The molecule has 100 valence electrons. The maximum atomic E-state index is 12.6. The fraction of sp³-hybridized carbons (Fsp3) is 0.286. The van der Waals surface area contributed by atoms with Gasteiger partial charge in [-0.25, -0.2) is 0 Å². The summed E-state index contributed by atoms with van der Waals surface area (Å²) in [4.78, 5) is 14.3. The Morgan fingerprint density at radius 1 is 1.32 bits per heavy atom. The van der Waals surface area contributed by atoms with Crippen LogP contribution >= 0.6 is 0 Å². The highest BCUT2D eigenvalue weighted by Gasteiger charge is 2.22. The molecule has 1 aromatic carbocycles. The van der Waals surface area contributed by atoms with E-state index >= 15 is 0 Å². The summed E-state index contributed by atoms with van der Waals surface area (Å²) in [6, 6.07) is 9.55. The Balaban J connectivity index is 2.39. The van der Waals surface area contributed by atoms with E-state index in [2.05, 4.69) is 5.10 Å². The Kier molecular flexibility index (Phi) is 3.85. The van der Waals surface area contributed by atoms with Gasteiger partial charge in [0.05, 0.1) is 11.9 Å². The van der Waals surface area contributed by atoms with Crippen LogP contribution in [0.1, 0.15) is 24.3 Å². The molecule has 2 rings (SSSR count). The number of aromatic nitrogens is 2. The van der Waals surface area contributed by atoms with Crippen LogP contribution in [0, 0.1) is 0 Å². The number of hydrogen-bond donors (Lipinski definition) is 1. The summed E-state index contributed by atoms with van der Waals surface area (Å²) in [6.07, 6.45) is 1.52. The molecule has 0 fully saturated rings. The van der Waals surface area contributed by atoms with Crippen molar-refractivity contribution in [3.05, 3.63) is 42.2 Å². The third kappa shape index (κ3) is 2.45. The van der Waals surface area contributed by atoms with Gasteiger partial charge in [-0.15, -0.1) is 0 Å². The van der Waals surface area contributed by atoms with Crippen molar-refractivity contribution < 1.29 is 4.79 Å². The average molecular weight is 258 g/mol. The van der Waals surface area contributed by atoms with Gasteiger partial charge < -0.3 is 10.6 Å². The third-order valence-corrected chi connectivity index (χ3v) is 3.00. The molecule has 2 N–H and O–H groups in total. The lowest BCUT2D eigenvalue weighted by Crippen LogP contribution is -2.33. The van der Waals surface area contributed by atoms with E-state index in [-0.39, 0.29) is 5.91 Å². The zero-order chi connectivity index (χ0) is 13.8. The molecule has 0 spiro atoms. The van der Waals surface area contributed by atoms with Crippen molar-refractivity contribution in [1.82, 2.24) is 9.78 Å². The molecule has 2 aromatic rings. The molecule has 0 aliphatic heterocycles. The second-order valence-corrected chi connectivity index (χ2v) is 4.15. The smallest absolute Gasteiger partial charge is 0.278 e. The Bertz CT molecular complexity index is 562. The molecule has 0 radical (unpaired) electrons. The second kappa shape index (κ2) is 5.56. The quantitative estimate of drug-likeness (QED) is 0.914. The molecule has 1 aromatic heterocycles. The molecule has 0 unspecified atom stereocenters. The number of benzene rings is 1. The van der Waals surface area contributed by atoms with Crippen molar-refractivity contribution in [3.63, 3.8) is 0 Å². The molecule has 1 amide bonds. The van der Waals surface area contributed by atoms with Gasteiger partial charge in [0.15, 0.2) is 0 Å². The van der Waals surface area contributed by atoms with Crippen molar-refractivity contribution in [1.29, 1.82) is 0 Å². The van der Waals surface area contributed by atoms with Gasteiger partial charge in [0.2, 0.25) is 0 Å². The number of anilines is 2. The van der Waals surface area contributed by atoms with Crippen LogP contribution in [0.25, 0.3) is 0 Å². The monoisotopic (exact) mass is 258 g/mol. The molecule has 5 nitrogen and oxygen atoms in total. The molecule has 0 saturated carbocycles. The third-order valence-electron chi connectivity index (χ3n) is 3.00. The van der Waals surface area contributed by atoms with Crippen LogP contribution in [-0.2, 0) is 6.54 Å². The summed E-state index contributed by atoms with van der Waals surface area (Å²) < 4.78 is 1.63. The largest absolute Gasteiger partial charge is 0.396 e. The summed E-state index contributed by atoms with van der Waals surface area (Å²) in [6.45, 7) is 5.07. The first-order valence-corrected chi connectivity index (χ1v) is 6.37. The predicted molar refractivity (Wildman–Crippen MR) is 76.1 cm³/mol. The lowest BCUT2D eigenvalue weighted by Gasteiger charge is -2.21. The molecule has 1 heterocycles. The van der Waals surface area contributed by atoms with Gasteiger partial charge in [0.1, 0.15) is 5.69 Å². The first-order valence-electron chi connectivity index (χ1n) is 6.37. The summed E-state index contributed by atoms with van der Waals surface area (Å²) in [7, 11) is 0. The van der Waals surface area contributed by atoms with Gasteiger partial charge >= 0.3 is 0 Å². The predicted octanol–water partition coefficient (Wildman–Crippen LogP) is 2.15. The summed E-state index contributed by atoms with van der Waals surface area (Å²) in [5, 5.41) is 4.11. The van der Waals surface area contributed by atoms with Crippen molar-refractivity contribution in [2.24, 2.45) is 0 Å². The van der Waals surface area contributed by atoms with Crippen LogP contribution < -0.4 is 10.6 Å². The van der Waals surface area contributed by atoms with E-state index in [1.165, 1.54) is 6.20 Å². The van der Waals surface area contributed by atoms with Crippen LogP contribution in [0.2, 0.25) is 0 Å². The molecule has 0 aliphatic carbocycles. The first kappa shape index (κ1) is 13.1. The molecule has 0 bridgehead atoms. The molecule has 0 atom stereocenters.